The molecule has 2 N–H and O–H groups in total. The van der Waals surface area contributed by atoms with E-state index < -0.39 is 0 Å². The van der Waals surface area contributed by atoms with Crippen molar-refractivity contribution in [3.8, 4) is 0 Å². The fourth-order valence-corrected chi connectivity index (χ4v) is 2.58. The molecule has 0 spiro atoms. The van der Waals surface area contributed by atoms with Gasteiger partial charge in [0.05, 0.1) is 6.54 Å². The minimum atomic E-state index is 0. The number of fused-ring (bicyclic) bond motifs is 3. The van der Waals surface area contributed by atoms with Gasteiger partial charge in [-0.15, -0.1) is 0 Å². The molecule has 6 nitrogen and oxygen atoms in total. The molecule has 4 aromatic rings. The Balaban J connectivity index is 0.00000156. The van der Waals surface area contributed by atoms with Crippen LogP contribution in [0.5, 0.6) is 0 Å². The number of nitrogens with zero attached hydrogens (tertiary/aromatic N) is 3. The third-order valence-electron chi connectivity index (χ3n) is 3.65. The van der Waals surface area contributed by atoms with Crippen molar-refractivity contribution in [1.82, 2.24) is 15.0 Å². The SMILES string of the molecule is [Cl-].c1ccc2c(c1)oc1c(NCCC[n+]3cc[nH]c3)ncnc12. The molecule has 0 saturated heterocycles. The van der Waals surface area contributed by atoms with Crippen LogP contribution in [0.3, 0.4) is 0 Å². The van der Waals surface area contributed by atoms with E-state index in [4.69, 9.17) is 4.42 Å². The molecule has 0 bridgehead atoms. The van der Waals surface area contributed by atoms with Crippen molar-refractivity contribution in [3.05, 3.63) is 49.3 Å². The summed E-state index contributed by atoms with van der Waals surface area (Å²) in [5.74, 6) is 0.750. The van der Waals surface area contributed by atoms with Crippen LogP contribution in [0, 0.1) is 0 Å². The van der Waals surface area contributed by atoms with Crippen LogP contribution in [0.1, 0.15) is 6.42 Å². The Labute approximate surface area is 139 Å². The highest BCUT2D eigenvalue weighted by Crippen LogP contribution is 2.30. The Morgan fingerprint density at radius 3 is 3.00 bits per heavy atom. The van der Waals surface area contributed by atoms with Crippen LogP contribution in [0.25, 0.3) is 22.1 Å². The van der Waals surface area contributed by atoms with Crippen molar-refractivity contribution in [1.29, 1.82) is 0 Å². The molecular weight excluding hydrogens is 314 g/mol. The number of hydrogen-bond acceptors (Lipinski definition) is 4. The fourth-order valence-electron chi connectivity index (χ4n) is 2.58. The first-order chi connectivity index (χ1) is 10.9. The van der Waals surface area contributed by atoms with Crippen LogP contribution in [-0.2, 0) is 6.54 Å². The lowest BCUT2D eigenvalue weighted by Crippen LogP contribution is -3.00. The van der Waals surface area contributed by atoms with Crippen LogP contribution < -0.4 is 22.3 Å². The Morgan fingerprint density at radius 2 is 2.13 bits per heavy atom. The van der Waals surface area contributed by atoms with Crippen molar-refractivity contribution in [2.24, 2.45) is 0 Å². The summed E-state index contributed by atoms with van der Waals surface area (Å²) >= 11 is 0. The Morgan fingerprint density at radius 1 is 1.22 bits per heavy atom. The van der Waals surface area contributed by atoms with E-state index in [2.05, 4.69) is 24.8 Å². The van der Waals surface area contributed by atoms with E-state index in [0.29, 0.717) is 0 Å². The Hall–Kier alpha value is -2.60. The van der Waals surface area contributed by atoms with Gasteiger partial charge >= 0.3 is 0 Å². The summed E-state index contributed by atoms with van der Waals surface area (Å²) in [7, 11) is 0. The number of anilines is 1. The quantitative estimate of drug-likeness (QED) is 0.382. The van der Waals surface area contributed by atoms with Gasteiger partial charge in [0.15, 0.2) is 11.4 Å². The summed E-state index contributed by atoms with van der Waals surface area (Å²) in [6.45, 7) is 1.77. The number of para-hydroxylation sites is 1. The fraction of sp³-hybridized carbons (Fsp3) is 0.188. The van der Waals surface area contributed by atoms with Crippen LogP contribution in [0.2, 0.25) is 0 Å². The molecule has 4 rings (SSSR count). The molecule has 7 heteroatoms. The topological polar surface area (TPSA) is 70.6 Å². The zero-order valence-electron chi connectivity index (χ0n) is 12.4. The number of imidazole rings is 1. The predicted octanol–water partition coefficient (Wildman–Crippen LogP) is -0.502. The van der Waals surface area contributed by atoms with E-state index >= 15 is 0 Å². The smallest absolute Gasteiger partial charge is 0.241 e. The normalized spacial score (nSPS) is 10.8. The monoisotopic (exact) mass is 329 g/mol. The second kappa shape index (κ2) is 6.66. The molecular formula is C16H16ClN5O. The third-order valence-corrected chi connectivity index (χ3v) is 3.65. The Kier molecular flexibility index (Phi) is 4.43. The summed E-state index contributed by atoms with van der Waals surface area (Å²) in [6, 6.07) is 7.91. The van der Waals surface area contributed by atoms with Gasteiger partial charge in [-0.05, 0) is 12.1 Å². The summed E-state index contributed by atoms with van der Waals surface area (Å²) in [5, 5.41) is 4.36. The van der Waals surface area contributed by atoms with E-state index in [0.717, 1.165) is 47.4 Å². The van der Waals surface area contributed by atoms with Crippen molar-refractivity contribution in [2.75, 3.05) is 11.9 Å². The lowest BCUT2D eigenvalue weighted by molar-refractivity contribution is -0.695. The standard InChI is InChI=1S/C16H15N5O.ClH/c1-2-5-13-12(4-1)14-15(22-13)16(20-10-19-14)18-6-3-8-21-9-7-17-11-21;/h1-2,4-5,7,9-11H,3,6,8H2,(H,18,19,20);1H. The average molecular weight is 330 g/mol. The summed E-state index contributed by atoms with van der Waals surface area (Å²) < 4.78 is 8.00. The number of nitrogens with one attached hydrogen (secondary N) is 2. The molecule has 23 heavy (non-hydrogen) atoms. The van der Waals surface area contributed by atoms with E-state index in [1.54, 1.807) is 6.33 Å². The highest BCUT2D eigenvalue weighted by Gasteiger charge is 2.12. The van der Waals surface area contributed by atoms with Crippen molar-refractivity contribution >= 4 is 27.9 Å². The number of furan rings is 1. The van der Waals surface area contributed by atoms with Gasteiger partial charge in [0.2, 0.25) is 6.33 Å². The summed E-state index contributed by atoms with van der Waals surface area (Å²) in [5.41, 5.74) is 2.41. The molecule has 3 aromatic heterocycles. The molecule has 1 aromatic carbocycles. The van der Waals surface area contributed by atoms with Crippen molar-refractivity contribution in [3.63, 3.8) is 0 Å². The van der Waals surface area contributed by atoms with E-state index in [1.165, 1.54) is 0 Å². The summed E-state index contributed by atoms with van der Waals surface area (Å²) in [4.78, 5) is 11.7. The molecule has 0 radical (unpaired) electrons. The van der Waals surface area contributed by atoms with Crippen molar-refractivity contribution in [2.45, 2.75) is 13.0 Å². The lowest BCUT2D eigenvalue weighted by Gasteiger charge is -2.04. The van der Waals surface area contributed by atoms with Crippen LogP contribution in [-0.4, -0.2) is 21.5 Å². The van der Waals surface area contributed by atoms with Crippen LogP contribution in [0.4, 0.5) is 5.82 Å². The van der Waals surface area contributed by atoms with Gasteiger partial charge in [0, 0.05) is 18.4 Å². The first kappa shape index (κ1) is 15.3. The van der Waals surface area contributed by atoms with E-state index in [1.807, 2.05) is 43.0 Å². The minimum absolute atomic E-state index is 0. The van der Waals surface area contributed by atoms with Crippen LogP contribution in [0.15, 0.2) is 53.7 Å². The summed E-state index contributed by atoms with van der Waals surface area (Å²) in [6.07, 6.45) is 8.45. The molecule has 118 valence electrons. The number of aromatic nitrogens is 4. The van der Waals surface area contributed by atoms with Gasteiger partial charge in [-0.25, -0.2) is 14.5 Å². The van der Waals surface area contributed by atoms with Gasteiger partial charge in [0.25, 0.3) is 0 Å². The van der Waals surface area contributed by atoms with Gasteiger partial charge in [-0.1, -0.05) is 12.1 Å². The maximum atomic E-state index is 5.89. The highest BCUT2D eigenvalue weighted by molar-refractivity contribution is 6.05. The zero-order chi connectivity index (χ0) is 14.8. The molecule has 0 aliphatic heterocycles. The largest absolute Gasteiger partial charge is 1.00 e. The number of hydrogen-bond donors (Lipinski definition) is 2. The lowest BCUT2D eigenvalue weighted by atomic mass is 10.2. The molecule has 0 aliphatic rings. The number of benzene rings is 1. The highest BCUT2D eigenvalue weighted by atomic mass is 35.5. The van der Waals surface area contributed by atoms with Gasteiger partial charge < -0.3 is 22.1 Å². The molecule has 0 amide bonds. The Bertz CT molecular complexity index is 903. The van der Waals surface area contributed by atoms with Gasteiger partial charge in [0.1, 0.15) is 29.8 Å². The number of aryl methyl sites for hydroxylation is 1. The molecule has 0 unspecified atom stereocenters. The van der Waals surface area contributed by atoms with Gasteiger partial charge in [-0.3, -0.25) is 4.98 Å². The van der Waals surface area contributed by atoms with Crippen molar-refractivity contribution < 1.29 is 21.4 Å². The second-order valence-corrected chi connectivity index (χ2v) is 5.13. The van der Waals surface area contributed by atoms with Crippen LogP contribution >= 0.6 is 0 Å². The van der Waals surface area contributed by atoms with E-state index in [-0.39, 0.29) is 12.4 Å². The molecule has 3 heterocycles. The maximum Gasteiger partial charge on any atom is 0.241 e. The molecule has 0 saturated carbocycles. The second-order valence-electron chi connectivity index (χ2n) is 5.13. The first-order valence-electron chi connectivity index (χ1n) is 7.30. The number of aromatic amines is 1. The minimum Gasteiger partial charge on any atom is -1.00 e. The number of halogens is 1. The first-order valence-corrected chi connectivity index (χ1v) is 7.30. The maximum absolute atomic E-state index is 5.89. The molecule has 0 aliphatic carbocycles. The predicted molar refractivity (Wildman–Crippen MR) is 83.4 cm³/mol. The molecule has 0 fully saturated rings. The number of rotatable bonds is 5. The number of H-pyrrole nitrogens is 1. The molecule has 0 atom stereocenters. The third kappa shape index (κ3) is 2.98. The van der Waals surface area contributed by atoms with Gasteiger partial charge in [-0.2, -0.15) is 0 Å². The zero-order valence-corrected chi connectivity index (χ0v) is 13.1. The van der Waals surface area contributed by atoms with E-state index in [9.17, 15) is 0 Å². The average Bonchev–Trinajstić information content (AvgIpc) is 3.19.